The molecule has 1 fully saturated rings. The molecule has 0 saturated heterocycles. The van der Waals surface area contributed by atoms with E-state index in [4.69, 9.17) is 0 Å². The van der Waals surface area contributed by atoms with Gasteiger partial charge in [0.05, 0.1) is 5.60 Å². The van der Waals surface area contributed by atoms with E-state index in [1.807, 2.05) is 13.0 Å². The standard InChI is InChI=1S/C13H25NO/c1-3-5-10-14-11-13(15)8-6-12(4-2)7-9-13/h3,5,12,14-15H,4,6-11H2,1-2H3/b5-3+. The summed E-state index contributed by atoms with van der Waals surface area (Å²) in [4.78, 5) is 0. The molecule has 0 aromatic carbocycles. The summed E-state index contributed by atoms with van der Waals surface area (Å²) in [6, 6.07) is 0. The summed E-state index contributed by atoms with van der Waals surface area (Å²) in [6.45, 7) is 5.88. The molecule has 1 saturated carbocycles. The molecular weight excluding hydrogens is 186 g/mol. The van der Waals surface area contributed by atoms with Gasteiger partial charge in [-0.3, -0.25) is 0 Å². The molecule has 15 heavy (non-hydrogen) atoms. The molecule has 0 aliphatic heterocycles. The van der Waals surface area contributed by atoms with E-state index in [2.05, 4.69) is 18.3 Å². The van der Waals surface area contributed by atoms with Crippen LogP contribution < -0.4 is 5.32 Å². The van der Waals surface area contributed by atoms with Gasteiger partial charge in [-0.05, 0) is 38.5 Å². The number of hydrogen-bond acceptors (Lipinski definition) is 2. The zero-order valence-electron chi connectivity index (χ0n) is 10.1. The topological polar surface area (TPSA) is 32.3 Å². The van der Waals surface area contributed by atoms with Crippen LogP contribution in [0.2, 0.25) is 0 Å². The lowest BCUT2D eigenvalue weighted by molar-refractivity contribution is -0.00783. The monoisotopic (exact) mass is 211 g/mol. The number of aliphatic hydroxyl groups is 1. The highest BCUT2D eigenvalue weighted by Gasteiger charge is 2.31. The van der Waals surface area contributed by atoms with Crippen LogP contribution in [0.15, 0.2) is 12.2 Å². The van der Waals surface area contributed by atoms with Crippen molar-refractivity contribution in [1.29, 1.82) is 0 Å². The SMILES string of the molecule is C/C=C/CNCC1(O)CCC(CC)CC1. The Morgan fingerprint density at radius 1 is 1.40 bits per heavy atom. The van der Waals surface area contributed by atoms with Crippen molar-refractivity contribution in [3.63, 3.8) is 0 Å². The molecule has 0 bridgehead atoms. The third kappa shape index (κ3) is 4.35. The zero-order chi connectivity index (χ0) is 11.1. The van der Waals surface area contributed by atoms with Gasteiger partial charge in [-0.2, -0.15) is 0 Å². The first-order chi connectivity index (χ1) is 7.20. The number of rotatable bonds is 5. The zero-order valence-corrected chi connectivity index (χ0v) is 10.1. The van der Waals surface area contributed by atoms with E-state index in [0.717, 1.165) is 31.8 Å². The number of hydrogen-bond donors (Lipinski definition) is 2. The molecule has 0 heterocycles. The Balaban J connectivity index is 2.22. The minimum atomic E-state index is -0.437. The summed E-state index contributed by atoms with van der Waals surface area (Å²) in [5, 5.41) is 13.6. The Morgan fingerprint density at radius 2 is 2.07 bits per heavy atom. The highest BCUT2D eigenvalue weighted by molar-refractivity contribution is 4.88. The summed E-state index contributed by atoms with van der Waals surface area (Å²) in [7, 11) is 0. The molecule has 1 rings (SSSR count). The summed E-state index contributed by atoms with van der Waals surface area (Å²) in [5.74, 6) is 0.848. The Bertz CT molecular complexity index is 193. The molecule has 2 N–H and O–H groups in total. The quantitative estimate of drug-likeness (QED) is 0.541. The van der Waals surface area contributed by atoms with E-state index in [1.54, 1.807) is 0 Å². The first-order valence-corrected chi connectivity index (χ1v) is 6.24. The average Bonchev–Trinajstić information content (AvgIpc) is 2.26. The fourth-order valence-electron chi connectivity index (χ4n) is 2.31. The third-order valence-corrected chi connectivity index (χ3v) is 3.57. The molecule has 1 aliphatic rings. The molecule has 2 heteroatoms. The fraction of sp³-hybridized carbons (Fsp3) is 0.846. The maximum atomic E-state index is 10.3. The van der Waals surface area contributed by atoms with Crippen LogP contribution in [0.5, 0.6) is 0 Å². The van der Waals surface area contributed by atoms with Gasteiger partial charge in [0.1, 0.15) is 0 Å². The van der Waals surface area contributed by atoms with E-state index < -0.39 is 5.60 Å². The molecule has 0 aromatic rings. The van der Waals surface area contributed by atoms with Crippen LogP contribution >= 0.6 is 0 Å². The predicted octanol–water partition coefficient (Wildman–Crippen LogP) is 2.48. The fourth-order valence-corrected chi connectivity index (χ4v) is 2.31. The minimum absolute atomic E-state index is 0.437. The van der Waals surface area contributed by atoms with Crippen molar-refractivity contribution in [1.82, 2.24) is 5.32 Å². The molecule has 0 amide bonds. The van der Waals surface area contributed by atoms with Crippen molar-refractivity contribution < 1.29 is 5.11 Å². The first-order valence-electron chi connectivity index (χ1n) is 6.24. The first kappa shape index (κ1) is 12.7. The van der Waals surface area contributed by atoms with Gasteiger partial charge in [-0.1, -0.05) is 25.5 Å². The van der Waals surface area contributed by atoms with Crippen LogP contribution in [0.4, 0.5) is 0 Å². The molecule has 2 nitrogen and oxygen atoms in total. The molecular formula is C13H25NO. The van der Waals surface area contributed by atoms with Crippen molar-refractivity contribution in [3.05, 3.63) is 12.2 Å². The van der Waals surface area contributed by atoms with Crippen molar-refractivity contribution in [2.24, 2.45) is 5.92 Å². The van der Waals surface area contributed by atoms with Gasteiger partial charge in [0, 0.05) is 13.1 Å². The lowest BCUT2D eigenvalue weighted by Gasteiger charge is -2.35. The maximum Gasteiger partial charge on any atom is 0.0771 e. The van der Waals surface area contributed by atoms with Gasteiger partial charge in [-0.25, -0.2) is 0 Å². The van der Waals surface area contributed by atoms with Gasteiger partial charge in [-0.15, -0.1) is 0 Å². The highest BCUT2D eigenvalue weighted by Crippen LogP contribution is 2.33. The normalized spacial score (nSPS) is 32.3. The van der Waals surface area contributed by atoms with Crippen LogP contribution in [-0.4, -0.2) is 23.8 Å². The smallest absolute Gasteiger partial charge is 0.0771 e. The van der Waals surface area contributed by atoms with E-state index in [-0.39, 0.29) is 0 Å². The second kappa shape index (κ2) is 6.29. The van der Waals surface area contributed by atoms with E-state index in [9.17, 15) is 5.11 Å². The maximum absolute atomic E-state index is 10.3. The summed E-state index contributed by atoms with van der Waals surface area (Å²) in [6.07, 6.45) is 9.70. The molecule has 0 aromatic heterocycles. The molecule has 0 spiro atoms. The lowest BCUT2D eigenvalue weighted by atomic mass is 9.78. The van der Waals surface area contributed by atoms with Crippen molar-refractivity contribution in [3.8, 4) is 0 Å². The van der Waals surface area contributed by atoms with Crippen LogP contribution in [-0.2, 0) is 0 Å². The minimum Gasteiger partial charge on any atom is -0.389 e. The van der Waals surface area contributed by atoms with Crippen molar-refractivity contribution >= 4 is 0 Å². The molecule has 1 aliphatic carbocycles. The highest BCUT2D eigenvalue weighted by atomic mass is 16.3. The predicted molar refractivity (Wildman–Crippen MR) is 64.9 cm³/mol. The van der Waals surface area contributed by atoms with Gasteiger partial charge in [0.25, 0.3) is 0 Å². The number of allylic oxidation sites excluding steroid dienone is 1. The van der Waals surface area contributed by atoms with Gasteiger partial charge >= 0.3 is 0 Å². The van der Waals surface area contributed by atoms with Crippen LogP contribution in [0.25, 0.3) is 0 Å². The Labute approximate surface area is 93.8 Å². The van der Waals surface area contributed by atoms with Crippen LogP contribution in [0.1, 0.15) is 46.0 Å². The van der Waals surface area contributed by atoms with Crippen LogP contribution in [0, 0.1) is 5.92 Å². The van der Waals surface area contributed by atoms with E-state index in [1.165, 1.54) is 19.3 Å². The molecule has 0 unspecified atom stereocenters. The van der Waals surface area contributed by atoms with Gasteiger partial charge in [0.15, 0.2) is 0 Å². The van der Waals surface area contributed by atoms with Crippen LogP contribution in [0.3, 0.4) is 0 Å². The van der Waals surface area contributed by atoms with E-state index in [0.29, 0.717) is 0 Å². The lowest BCUT2D eigenvalue weighted by Crippen LogP contribution is -2.43. The van der Waals surface area contributed by atoms with Crippen molar-refractivity contribution in [2.45, 2.75) is 51.6 Å². The Morgan fingerprint density at radius 3 is 2.60 bits per heavy atom. The molecule has 0 atom stereocenters. The summed E-state index contributed by atoms with van der Waals surface area (Å²) in [5.41, 5.74) is -0.437. The van der Waals surface area contributed by atoms with E-state index >= 15 is 0 Å². The second-order valence-corrected chi connectivity index (χ2v) is 4.78. The third-order valence-electron chi connectivity index (χ3n) is 3.57. The van der Waals surface area contributed by atoms with Gasteiger partial charge in [0.2, 0.25) is 0 Å². The van der Waals surface area contributed by atoms with Gasteiger partial charge < -0.3 is 10.4 Å². The van der Waals surface area contributed by atoms with Crippen molar-refractivity contribution in [2.75, 3.05) is 13.1 Å². The Kier molecular flexibility index (Phi) is 5.34. The molecule has 88 valence electrons. The Hall–Kier alpha value is -0.340. The summed E-state index contributed by atoms with van der Waals surface area (Å²) < 4.78 is 0. The average molecular weight is 211 g/mol. The second-order valence-electron chi connectivity index (χ2n) is 4.78. The molecule has 0 radical (unpaired) electrons. The largest absolute Gasteiger partial charge is 0.389 e. The number of nitrogens with one attached hydrogen (secondary N) is 1. The summed E-state index contributed by atoms with van der Waals surface area (Å²) >= 11 is 0.